The summed E-state index contributed by atoms with van der Waals surface area (Å²) in [5.41, 5.74) is 3.08. The molecule has 5 heteroatoms. The zero-order valence-corrected chi connectivity index (χ0v) is 10.3. The fraction of sp³-hybridized carbons (Fsp3) is 0.455. The van der Waals surface area contributed by atoms with E-state index in [1.54, 1.807) is 6.20 Å². The number of hydrogen-bond donors (Lipinski definition) is 1. The van der Waals surface area contributed by atoms with Gasteiger partial charge in [-0.05, 0) is 37.7 Å². The third-order valence-corrected chi connectivity index (χ3v) is 2.86. The summed E-state index contributed by atoms with van der Waals surface area (Å²) in [6.07, 6.45) is 1.80. The van der Waals surface area contributed by atoms with E-state index in [-0.39, 0.29) is 0 Å². The average Bonchev–Trinajstić information content (AvgIpc) is 2.58. The Morgan fingerprint density at radius 2 is 2.38 bits per heavy atom. The molecule has 2 aromatic rings. The number of imidazole rings is 1. The number of rotatable bonds is 4. The second-order valence-corrected chi connectivity index (χ2v) is 3.99. The molecule has 86 valence electrons. The maximum absolute atomic E-state index is 5.33. The van der Waals surface area contributed by atoms with Gasteiger partial charge in [0.1, 0.15) is 0 Å². The Bertz CT molecular complexity index is 544. The lowest BCUT2D eigenvalue weighted by Gasteiger charge is -2.03. The minimum absolute atomic E-state index is 0.660. The second-order valence-electron chi connectivity index (χ2n) is 3.61. The maximum Gasteiger partial charge on any atom is 0.179 e. The highest BCUT2D eigenvalue weighted by Gasteiger charge is 2.06. The van der Waals surface area contributed by atoms with Gasteiger partial charge >= 0.3 is 0 Å². The van der Waals surface area contributed by atoms with Crippen LogP contribution in [0.25, 0.3) is 11.2 Å². The van der Waals surface area contributed by atoms with Gasteiger partial charge in [0, 0.05) is 12.8 Å². The predicted molar refractivity (Wildman–Crippen MR) is 66.1 cm³/mol. The monoisotopic (exact) mass is 237 g/mol. The maximum atomic E-state index is 5.33. The van der Waals surface area contributed by atoms with Crippen LogP contribution in [0.3, 0.4) is 0 Å². The van der Waals surface area contributed by atoms with Gasteiger partial charge in [-0.2, -0.15) is 0 Å². The number of nitrogens with one attached hydrogen (secondary N) is 1. The lowest BCUT2D eigenvalue weighted by molar-refractivity contribution is 0.139. The molecule has 2 heterocycles. The molecule has 0 radical (unpaired) electrons. The molecule has 0 saturated carbocycles. The van der Waals surface area contributed by atoms with Crippen LogP contribution in [0.5, 0.6) is 0 Å². The van der Waals surface area contributed by atoms with E-state index in [2.05, 4.69) is 9.97 Å². The molecule has 4 nitrogen and oxygen atoms in total. The lowest BCUT2D eigenvalue weighted by Crippen LogP contribution is -2.06. The molecule has 2 aromatic heterocycles. The first-order valence-corrected chi connectivity index (χ1v) is 5.76. The smallest absolute Gasteiger partial charge is 0.179 e. The standard InChI is InChI=1S/C11H15N3OS/c1-3-15-7-6-14-10-9(13-11(14)16)8(2)4-5-12-10/h4-5H,3,6-7H2,1-2H3,(H,13,16). The molecule has 2 rings (SSSR count). The fourth-order valence-corrected chi connectivity index (χ4v) is 1.96. The quantitative estimate of drug-likeness (QED) is 0.656. The van der Waals surface area contributed by atoms with E-state index in [1.807, 2.05) is 24.5 Å². The average molecular weight is 237 g/mol. The number of ether oxygens (including phenoxy) is 1. The van der Waals surface area contributed by atoms with E-state index in [9.17, 15) is 0 Å². The van der Waals surface area contributed by atoms with Crippen molar-refractivity contribution in [2.24, 2.45) is 0 Å². The van der Waals surface area contributed by atoms with Crippen molar-refractivity contribution >= 4 is 23.4 Å². The summed E-state index contributed by atoms with van der Waals surface area (Å²) in [7, 11) is 0. The third-order valence-electron chi connectivity index (χ3n) is 2.54. The Hall–Kier alpha value is -1.20. The van der Waals surface area contributed by atoms with Gasteiger partial charge in [0.25, 0.3) is 0 Å². The highest BCUT2D eigenvalue weighted by molar-refractivity contribution is 7.71. The highest BCUT2D eigenvalue weighted by atomic mass is 32.1. The van der Waals surface area contributed by atoms with Crippen molar-refractivity contribution in [1.82, 2.24) is 14.5 Å². The molecule has 0 aliphatic heterocycles. The fourth-order valence-electron chi connectivity index (χ4n) is 1.68. The molecule has 0 bridgehead atoms. The number of aryl methyl sites for hydroxylation is 1. The Morgan fingerprint density at radius 1 is 1.56 bits per heavy atom. The van der Waals surface area contributed by atoms with Gasteiger partial charge in [0.15, 0.2) is 10.4 Å². The lowest BCUT2D eigenvalue weighted by atomic mass is 10.3. The van der Waals surface area contributed by atoms with Crippen LogP contribution in [-0.2, 0) is 11.3 Å². The number of aromatic nitrogens is 3. The SMILES string of the molecule is CCOCCn1c(=S)[nH]c2c(C)ccnc21. The minimum atomic E-state index is 0.660. The van der Waals surface area contributed by atoms with E-state index >= 15 is 0 Å². The molecule has 0 aliphatic rings. The number of aromatic amines is 1. The normalized spacial score (nSPS) is 11.1. The molecule has 1 N–H and O–H groups in total. The molecule has 0 saturated heterocycles. The molecule has 0 spiro atoms. The Balaban J connectivity index is 2.40. The summed E-state index contributed by atoms with van der Waals surface area (Å²) >= 11 is 5.27. The molecular formula is C11H15N3OS. The van der Waals surface area contributed by atoms with Crippen LogP contribution >= 0.6 is 12.2 Å². The molecule has 0 aromatic carbocycles. The number of fused-ring (bicyclic) bond motifs is 1. The van der Waals surface area contributed by atoms with Gasteiger partial charge < -0.3 is 9.72 Å². The van der Waals surface area contributed by atoms with Crippen molar-refractivity contribution < 1.29 is 4.74 Å². The summed E-state index contributed by atoms with van der Waals surface area (Å²) < 4.78 is 8.02. The number of pyridine rings is 1. The van der Waals surface area contributed by atoms with Crippen molar-refractivity contribution in [2.45, 2.75) is 20.4 Å². The largest absolute Gasteiger partial charge is 0.380 e. The summed E-state index contributed by atoms with van der Waals surface area (Å²) in [5, 5.41) is 0. The van der Waals surface area contributed by atoms with Crippen LogP contribution in [0, 0.1) is 11.7 Å². The molecule has 0 aliphatic carbocycles. The van der Waals surface area contributed by atoms with Crippen molar-refractivity contribution in [2.75, 3.05) is 13.2 Å². The zero-order chi connectivity index (χ0) is 11.5. The second kappa shape index (κ2) is 4.76. The Labute approximate surface area is 99.3 Å². The Morgan fingerprint density at radius 3 is 3.12 bits per heavy atom. The molecule has 0 atom stereocenters. The third kappa shape index (κ3) is 2.01. The van der Waals surface area contributed by atoms with Crippen LogP contribution in [0.1, 0.15) is 12.5 Å². The first-order chi connectivity index (χ1) is 7.74. The van der Waals surface area contributed by atoms with Crippen molar-refractivity contribution in [3.05, 3.63) is 22.6 Å². The molecule has 0 amide bonds. The predicted octanol–water partition coefficient (Wildman–Crippen LogP) is 2.44. The molecule has 16 heavy (non-hydrogen) atoms. The molecular weight excluding hydrogens is 222 g/mol. The minimum Gasteiger partial charge on any atom is -0.380 e. The van der Waals surface area contributed by atoms with Crippen molar-refractivity contribution in [3.8, 4) is 0 Å². The van der Waals surface area contributed by atoms with Crippen molar-refractivity contribution in [1.29, 1.82) is 0 Å². The number of nitrogens with zero attached hydrogens (tertiary/aromatic N) is 2. The van der Waals surface area contributed by atoms with E-state index in [1.165, 1.54) is 0 Å². The van der Waals surface area contributed by atoms with Gasteiger partial charge in [-0.1, -0.05) is 0 Å². The van der Waals surface area contributed by atoms with Crippen LogP contribution < -0.4 is 0 Å². The first-order valence-electron chi connectivity index (χ1n) is 5.36. The molecule has 0 fully saturated rings. The van der Waals surface area contributed by atoms with Crippen LogP contribution in [-0.4, -0.2) is 27.7 Å². The summed E-state index contributed by atoms with van der Waals surface area (Å²) in [6, 6.07) is 1.97. The Kier molecular flexibility index (Phi) is 3.36. The van der Waals surface area contributed by atoms with Gasteiger partial charge in [-0.3, -0.25) is 4.57 Å². The molecule has 0 unspecified atom stereocenters. The van der Waals surface area contributed by atoms with E-state index < -0.39 is 0 Å². The van der Waals surface area contributed by atoms with E-state index in [4.69, 9.17) is 17.0 Å². The van der Waals surface area contributed by atoms with Gasteiger partial charge in [-0.15, -0.1) is 0 Å². The highest BCUT2D eigenvalue weighted by Crippen LogP contribution is 2.14. The van der Waals surface area contributed by atoms with Gasteiger partial charge in [0.05, 0.1) is 18.7 Å². The number of H-pyrrole nitrogens is 1. The summed E-state index contributed by atoms with van der Waals surface area (Å²) in [5.74, 6) is 0. The van der Waals surface area contributed by atoms with E-state index in [0.717, 1.165) is 29.9 Å². The van der Waals surface area contributed by atoms with E-state index in [0.29, 0.717) is 11.4 Å². The van der Waals surface area contributed by atoms with Crippen LogP contribution in [0.15, 0.2) is 12.3 Å². The first kappa shape index (κ1) is 11.3. The van der Waals surface area contributed by atoms with Gasteiger partial charge in [0.2, 0.25) is 0 Å². The van der Waals surface area contributed by atoms with Crippen molar-refractivity contribution in [3.63, 3.8) is 0 Å². The zero-order valence-electron chi connectivity index (χ0n) is 9.49. The van der Waals surface area contributed by atoms with Crippen LogP contribution in [0.2, 0.25) is 0 Å². The summed E-state index contributed by atoms with van der Waals surface area (Å²) in [4.78, 5) is 7.53. The topological polar surface area (TPSA) is 42.8 Å². The van der Waals surface area contributed by atoms with Crippen LogP contribution in [0.4, 0.5) is 0 Å². The summed E-state index contributed by atoms with van der Waals surface area (Å²) in [6.45, 7) is 6.15. The van der Waals surface area contributed by atoms with Gasteiger partial charge in [-0.25, -0.2) is 4.98 Å². The number of hydrogen-bond acceptors (Lipinski definition) is 3.